The van der Waals surface area contributed by atoms with Crippen molar-refractivity contribution in [2.24, 2.45) is 5.73 Å². The van der Waals surface area contributed by atoms with E-state index in [1.54, 1.807) is 0 Å². The maximum Gasteiger partial charge on any atom is 0.289 e. The van der Waals surface area contributed by atoms with Crippen molar-refractivity contribution in [2.75, 3.05) is 6.54 Å². The summed E-state index contributed by atoms with van der Waals surface area (Å²) in [4.78, 5) is 9.56. The lowest BCUT2D eigenvalue weighted by molar-refractivity contribution is -0.387. The smallest absolute Gasteiger partial charge is 0.289 e. The first-order valence-corrected chi connectivity index (χ1v) is 6.90. The number of hydrogen-bond acceptors (Lipinski definition) is 6. The summed E-state index contributed by atoms with van der Waals surface area (Å²) in [5.74, 6) is 0. The van der Waals surface area contributed by atoms with Gasteiger partial charge in [-0.3, -0.25) is 10.1 Å². The number of para-hydroxylation sites is 1. The first kappa shape index (κ1) is 15.5. The molecule has 0 fully saturated rings. The number of nitrogens with one attached hydrogen (secondary N) is 1. The van der Waals surface area contributed by atoms with E-state index in [1.807, 2.05) is 0 Å². The van der Waals surface area contributed by atoms with Gasteiger partial charge in [0.2, 0.25) is 10.0 Å². The Kier molecular flexibility index (Phi) is 4.95. The highest BCUT2D eigenvalue weighted by molar-refractivity contribution is 7.89. The Hall–Kier alpha value is -1.55. The minimum atomic E-state index is -4.05. The number of nitrogens with zero attached hydrogens (tertiary/aromatic N) is 1. The molecule has 8 nitrogen and oxygen atoms in total. The van der Waals surface area contributed by atoms with Crippen LogP contribution >= 0.6 is 0 Å². The Labute approximate surface area is 110 Å². The maximum absolute atomic E-state index is 11.9. The molecule has 1 rings (SSSR count). The van der Waals surface area contributed by atoms with Crippen LogP contribution in [-0.4, -0.2) is 37.1 Å². The molecule has 1 aromatic rings. The Bertz CT molecular complexity index is 558. The van der Waals surface area contributed by atoms with Crippen LogP contribution in [0.3, 0.4) is 0 Å². The first-order valence-electron chi connectivity index (χ1n) is 5.42. The Morgan fingerprint density at radius 3 is 2.58 bits per heavy atom. The van der Waals surface area contributed by atoms with Crippen LogP contribution in [0.25, 0.3) is 0 Å². The molecule has 0 amide bonds. The third-order valence-corrected chi connectivity index (χ3v) is 3.95. The zero-order valence-corrected chi connectivity index (χ0v) is 11.0. The lowest BCUT2D eigenvalue weighted by Crippen LogP contribution is -2.43. The molecule has 0 bridgehead atoms. The quantitative estimate of drug-likeness (QED) is 0.480. The molecule has 0 spiro atoms. The summed E-state index contributed by atoms with van der Waals surface area (Å²) in [6.45, 7) is 1.20. The second kappa shape index (κ2) is 6.06. The largest absolute Gasteiger partial charge is 0.392 e. The third kappa shape index (κ3) is 3.96. The summed E-state index contributed by atoms with van der Waals surface area (Å²) in [5, 5.41) is 19.9. The first-order chi connectivity index (χ1) is 8.75. The van der Waals surface area contributed by atoms with Gasteiger partial charge in [0.1, 0.15) is 0 Å². The van der Waals surface area contributed by atoms with Crippen molar-refractivity contribution in [3.63, 3.8) is 0 Å². The third-order valence-electron chi connectivity index (χ3n) is 2.48. The highest BCUT2D eigenvalue weighted by atomic mass is 32.2. The van der Waals surface area contributed by atoms with Crippen molar-refractivity contribution in [2.45, 2.75) is 24.0 Å². The molecule has 106 valence electrons. The van der Waals surface area contributed by atoms with Crippen molar-refractivity contribution in [1.82, 2.24) is 4.72 Å². The number of hydrogen-bond donors (Lipinski definition) is 3. The van der Waals surface area contributed by atoms with Gasteiger partial charge in [-0.05, 0) is 13.0 Å². The summed E-state index contributed by atoms with van der Waals surface area (Å²) >= 11 is 0. The van der Waals surface area contributed by atoms with Crippen LogP contribution < -0.4 is 10.5 Å². The monoisotopic (exact) mass is 289 g/mol. The SMILES string of the molecule is CC(O)C(N)CNS(=O)(=O)c1ccccc1[N+](=O)[O-]. The van der Waals surface area contributed by atoms with Gasteiger partial charge in [-0.1, -0.05) is 12.1 Å². The normalized spacial score (nSPS) is 14.9. The maximum atomic E-state index is 11.9. The molecule has 0 heterocycles. The van der Waals surface area contributed by atoms with Crippen LogP contribution in [0.1, 0.15) is 6.92 Å². The topological polar surface area (TPSA) is 136 Å². The summed E-state index contributed by atoms with van der Waals surface area (Å²) < 4.78 is 26.0. The van der Waals surface area contributed by atoms with Gasteiger partial charge in [0, 0.05) is 18.7 Å². The minimum Gasteiger partial charge on any atom is -0.392 e. The van der Waals surface area contributed by atoms with Crippen LogP contribution in [0.4, 0.5) is 5.69 Å². The van der Waals surface area contributed by atoms with Gasteiger partial charge in [-0.15, -0.1) is 0 Å². The highest BCUT2D eigenvalue weighted by Crippen LogP contribution is 2.22. The van der Waals surface area contributed by atoms with Crippen LogP contribution in [0.5, 0.6) is 0 Å². The van der Waals surface area contributed by atoms with E-state index in [0.717, 1.165) is 12.1 Å². The van der Waals surface area contributed by atoms with E-state index in [2.05, 4.69) is 4.72 Å². The average molecular weight is 289 g/mol. The average Bonchev–Trinajstić information content (AvgIpc) is 2.35. The minimum absolute atomic E-state index is 0.216. The number of aliphatic hydroxyl groups excluding tert-OH is 1. The summed E-state index contributed by atoms with van der Waals surface area (Å²) in [6, 6.07) is 4.20. The summed E-state index contributed by atoms with van der Waals surface area (Å²) in [6.07, 6.45) is -0.895. The highest BCUT2D eigenvalue weighted by Gasteiger charge is 2.25. The number of sulfonamides is 1. The number of aliphatic hydroxyl groups is 1. The zero-order chi connectivity index (χ0) is 14.6. The van der Waals surface area contributed by atoms with Crippen molar-refractivity contribution in [1.29, 1.82) is 0 Å². The van der Waals surface area contributed by atoms with Crippen molar-refractivity contribution in [3.8, 4) is 0 Å². The van der Waals surface area contributed by atoms with E-state index < -0.39 is 37.7 Å². The standard InChI is InChI=1S/C10H15N3O5S/c1-7(14)8(11)6-12-19(17,18)10-5-3-2-4-9(10)13(15)16/h2-5,7-8,12,14H,6,11H2,1H3. The molecule has 9 heteroatoms. The number of nitro groups is 1. The lowest BCUT2D eigenvalue weighted by Gasteiger charge is -2.15. The van der Waals surface area contributed by atoms with Crippen molar-refractivity contribution >= 4 is 15.7 Å². The molecule has 4 N–H and O–H groups in total. The summed E-state index contributed by atoms with van der Waals surface area (Å²) in [7, 11) is -4.05. The second-order valence-electron chi connectivity index (χ2n) is 3.98. The molecular weight excluding hydrogens is 274 g/mol. The number of benzene rings is 1. The Balaban J connectivity index is 2.98. The van der Waals surface area contributed by atoms with Gasteiger partial charge < -0.3 is 10.8 Å². The molecule has 0 saturated heterocycles. The molecule has 0 aliphatic rings. The van der Waals surface area contributed by atoms with Gasteiger partial charge in [-0.25, -0.2) is 13.1 Å². The fourth-order valence-corrected chi connectivity index (χ4v) is 2.53. The zero-order valence-electron chi connectivity index (χ0n) is 10.2. The Morgan fingerprint density at radius 1 is 1.47 bits per heavy atom. The molecule has 1 aromatic carbocycles. The number of nitrogens with two attached hydrogens (primary N) is 1. The van der Waals surface area contributed by atoms with E-state index in [9.17, 15) is 18.5 Å². The van der Waals surface area contributed by atoms with Gasteiger partial charge in [-0.2, -0.15) is 0 Å². The van der Waals surface area contributed by atoms with Gasteiger partial charge in [0.15, 0.2) is 4.90 Å². The number of rotatable bonds is 6. The predicted molar refractivity (Wildman–Crippen MR) is 67.9 cm³/mol. The van der Waals surface area contributed by atoms with E-state index in [0.29, 0.717) is 0 Å². The van der Waals surface area contributed by atoms with Crippen molar-refractivity contribution in [3.05, 3.63) is 34.4 Å². The molecule has 0 radical (unpaired) electrons. The Morgan fingerprint density at radius 2 is 2.05 bits per heavy atom. The van der Waals surface area contributed by atoms with Crippen LogP contribution in [0.15, 0.2) is 29.2 Å². The predicted octanol–water partition coefficient (Wildman–Crippen LogP) is -0.419. The van der Waals surface area contributed by atoms with Gasteiger partial charge in [0.05, 0.1) is 11.0 Å². The molecule has 0 aliphatic carbocycles. The van der Waals surface area contributed by atoms with Gasteiger partial charge in [0.25, 0.3) is 5.69 Å². The van der Waals surface area contributed by atoms with Crippen LogP contribution in [0, 0.1) is 10.1 Å². The van der Waals surface area contributed by atoms with E-state index in [4.69, 9.17) is 10.8 Å². The molecule has 0 aromatic heterocycles. The molecule has 0 saturated carbocycles. The molecule has 0 aliphatic heterocycles. The summed E-state index contributed by atoms with van der Waals surface area (Å²) in [5.41, 5.74) is 4.98. The van der Waals surface area contributed by atoms with Gasteiger partial charge >= 0.3 is 0 Å². The van der Waals surface area contributed by atoms with E-state index >= 15 is 0 Å². The second-order valence-corrected chi connectivity index (χ2v) is 5.72. The molecule has 19 heavy (non-hydrogen) atoms. The molecule has 2 atom stereocenters. The number of nitro benzene ring substituents is 1. The van der Waals surface area contributed by atoms with Crippen LogP contribution in [-0.2, 0) is 10.0 Å². The van der Waals surface area contributed by atoms with E-state index in [-0.39, 0.29) is 6.54 Å². The molecular formula is C10H15N3O5S. The van der Waals surface area contributed by atoms with Crippen molar-refractivity contribution < 1.29 is 18.4 Å². The molecule has 2 unspecified atom stereocenters. The van der Waals surface area contributed by atoms with Crippen LogP contribution in [0.2, 0.25) is 0 Å². The fourth-order valence-electron chi connectivity index (χ4n) is 1.29. The lowest BCUT2D eigenvalue weighted by atomic mass is 10.2. The van der Waals surface area contributed by atoms with E-state index in [1.165, 1.54) is 19.1 Å². The fraction of sp³-hybridized carbons (Fsp3) is 0.400.